The predicted molar refractivity (Wildman–Crippen MR) is 86.6 cm³/mol. The SMILES string of the molecule is CCC(=O)c1sc(NCC2CCCO2)c(OC(C)C)c1N. The number of nitrogens with two attached hydrogens (primary N) is 1. The van der Waals surface area contributed by atoms with Crippen LogP contribution >= 0.6 is 11.3 Å². The molecule has 1 atom stereocenters. The summed E-state index contributed by atoms with van der Waals surface area (Å²) in [6.07, 6.45) is 2.85. The number of rotatable bonds is 7. The molecular weight excluding hydrogens is 288 g/mol. The number of Topliss-reactive ketones (excluding diaryl/α,β-unsaturated/α-hetero) is 1. The van der Waals surface area contributed by atoms with E-state index in [4.69, 9.17) is 15.2 Å². The molecule has 21 heavy (non-hydrogen) atoms. The highest BCUT2D eigenvalue weighted by atomic mass is 32.1. The maximum absolute atomic E-state index is 12.0. The van der Waals surface area contributed by atoms with Crippen molar-refractivity contribution in [1.82, 2.24) is 0 Å². The van der Waals surface area contributed by atoms with Crippen LogP contribution in [0.1, 0.15) is 49.7 Å². The monoisotopic (exact) mass is 312 g/mol. The van der Waals surface area contributed by atoms with Crippen LogP contribution in [0.15, 0.2) is 0 Å². The highest BCUT2D eigenvalue weighted by molar-refractivity contribution is 7.19. The Morgan fingerprint density at radius 2 is 2.33 bits per heavy atom. The zero-order valence-electron chi connectivity index (χ0n) is 12.9. The Morgan fingerprint density at radius 1 is 1.57 bits per heavy atom. The summed E-state index contributed by atoms with van der Waals surface area (Å²) in [5, 5.41) is 4.16. The first-order valence-electron chi connectivity index (χ1n) is 7.50. The van der Waals surface area contributed by atoms with Crippen LogP contribution in [-0.4, -0.2) is 31.1 Å². The molecule has 0 bridgehead atoms. The lowest BCUT2D eigenvalue weighted by molar-refractivity contribution is 0.0992. The standard InChI is InChI=1S/C15H24N2O3S/c1-4-11(18)14-12(16)13(20-9(2)3)15(21-14)17-8-10-6-5-7-19-10/h9-10,17H,4-8,16H2,1-3H3. The highest BCUT2D eigenvalue weighted by Gasteiger charge is 2.23. The zero-order chi connectivity index (χ0) is 15.4. The fraction of sp³-hybridized carbons (Fsp3) is 0.667. The van der Waals surface area contributed by atoms with Crippen molar-refractivity contribution in [3.8, 4) is 5.75 Å². The highest BCUT2D eigenvalue weighted by Crippen LogP contribution is 2.43. The van der Waals surface area contributed by atoms with Gasteiger partial charge in [0, 0.05) is 19.6 Å². The molecule has 0 aliphatic carbocycles. The van der Waals surface area contributed by atoms with Crippen LogP contribution in [0.4, 0.5) is 10.7 Å². The number of ketones is 1. The number of nitrogens with one attached hydrogen (secondary N) is 1. The summed E-state index contributed by atoms with van der Waals surface area (Å²) in [6, 6.07) is 0. The van der Waals surface area contributed by atoms with Crippen LogP contribution < -0.4 is 15.8 Å². The first kappa shape index (κ1) is 16.1. The molecule has 1 aromatic heterocycles. The van der Waals surface area contributed by atoms with Crippen molar-refractivity contribution < 1.29 is 14.3 Å². The van der Waals surface area contributed by atoms with Crippen LogP contribution in [0.5, 0.6) is 5.75 Å². The molecule has 0 amide bonds. The first-order valence-corrected chi connectivity index (χ1v) is 8.32. The van der Waals surface area contributed by atoms with Gasteiger partial charge in [-0.1, -0.05) is 6.92 Å². The van der Waals surface area contributed by atoms with Gasteiger partial charge in [-0.05, 0) is 26.7 Å². The molecule has 1 saturated heterocycles. The fourth-order valence-corrected chi connectivity index (χ4v) is 3.35. The summed E-state index contributed by atoms with van der Waals surface area (Å²) >= 11 is 1.38. The Labute approximate surface area is 129 Å². The van der Waals surface area contributed by atoms with Gasteiger partial charge in [-0.3, -0.25) is 4.79 Å². The number of carbonyl (C=O) groups is 1. The fourth-order valence-electron chi connectivity index (χ4n) is 2.28. The van der Waals surface area contributed by atoms with Crippen molar-refractivity contribution in [3.05, 3.63) is 4.88 Å². The topological polar surface area (TPSA) is 73.6 Å². The normalized spacial score (nSPS) is 18.2. The van der Waals surface area contributed by atoms with Crippen molar-refractivity contribution in [3.63, 3.8) is 0 Å². The first-order chi connectivity index (χ1) is 10.0. The smallest absolute Gasteiger partial charge is 0.177 e. The van der Waals surface area contributed by atoms with Crippen molar-refractivity contribution in [2.75, 3.05) is 24.2 Å². The molecule has 3 N–H and O–H groups in total. The Balaban J connectivity index is 2.17. The number of nitrogen functional groups attached to an aromatic ring is 1. The Kier molecular flexibility index (Phi) is 5.47. The molecule has 1 unspecified atom stereocenters. The van der Waals surface area contributed by atoms with Gasteiger partial charge in [0.15, 0.2) is 11.5 Å². The van der Waals surface area contributed by atoms with E-state index in [0.717, 1.165) is 24.4 Å². The van der Waals surface area contributed by atoms with Gasteiger partial charge in [0.2, 0.25) is 0 Å². The average molecular weight is 312 g/mol. The van der Waals surface area contributed by atoms with Gasteiger partial charge in [0.05, 0.1) is 22.8 Å². The van der Waals surface area contributed by atoms with E-state index >= 15 is 0 Å². The largest absolute Gasteiger partial charge is 0.486 e. The molecular formula is C15H24N2O3S. The number of ether oxygens (including phenoxy) is 2. The van der Waals surface area contributed by atoms with Crippen LogP contribution in [0.25, 0.3) is 0 Å². The van der Waals surface area contributed by atoms with E-state index < -0.39 is 0 Å². The summed E-state index contributed by atoms with van der Waals surface area (Å²) in [7, 11) is 0. The number of anilines is 2. The van der Waals surface area contributed by atoms with E-state index in [9.17, 15) is 4.79 Å². The number of hydrogen-bond donors (Lipinski definition) is 2. The maximum Gasteiger partial charge on any atom is 0.177 e. The molecule has 0 saturated carbocycles. The van der Waals surface area contributed by atoms with Crippen molar-refractivity contribution >= 4 is 27.8 Å². The predicted octanol–water partition coefficient (Wildman–Crippen LogP) is 3.30. The van der Waals surface area contributed by atoms with Gasteiger partial charge in [-0.2, -0.15) is 0 Å². The lowest BCUT2D eigenvalue weighted by Crippen LogP contribution is -2.18. The Hall–Kier alpha value is -1.27. The van der Waals surface area contributed by atoms with Gasteiger partial charge < -0.3 is 20.5 Å². The van der Waals surface area contributed by atoms with E-state index in [1.807, 2.05) is 20.8 Å². The third-order valence-corrected chi connectivity index (χ3v) is 4.53. The van der Waals surface area contributed by atoms with E-state index in [0.29, 0.717) is 29.3 Å². The summed E-state index contributed by atoms with van der Waals surface area (Å²) in [4.78, 5) is 12.6. The van der Waals surface area contributed by atoms with E-state index in [-0.39, 0.29) is 18.0 Å². The van der Waals surface area contributed by atoms with Crippen molar-refractivity contribution in [2.24, 2.45) is 0 Å². The molecule has 1 aliphatic rings. The lowest BCUT2D eigenvalue weighted by atomic mass is 10.2. The molecule has 1 aliphatic heterocycles. The molecule has 118 valence electrons. The summed E-state index contributed by atoms with van der Waals surface area (Å²) in [6.45, 7) is 7.27. The number of thiophene rings is 1. The van der Waals surface area contributed by atoms with Crippen LogP contribution in [0, 0.1) is 0 Å². The molecule has 1 aromatic rings. The molecule has 2 rings (SSSR count). The van der Waals surface area contributed by atoms with Crippen molar-refractivity contribution in [2.45, 2.75) is 52.2 Å². The lowest BCUT2D eigenvalue weighted by Gasteiger charge is -2.14. The van der Waals surface area contributed by atoms with Crippen LogP contribution in [0.2, 0.25) is 0 Å². The summed E-state index contributed by atoms with van der Waals surface area (Å²) < 4.78 is 11.4. The minimum atomic E-state index is 0.00904. The Bertz CT molecular complexity index is 493. The van der Waals surface area contributed by atoms with Crippen LogP contribution in [-0.2, 0) is 4.74 Å². The van der Waals surface area contributed by atoms with E-state index in [1.165, 1.54) is 11.3 Å². The second-order valence-corrected chi connectivity index (χ2v) is 6.48. The Morgan fingerprint density at radius 3 is 2.90 bits per heavy atom. The van der Waals surface area contributed by atoms with E-state index in [2.05, 4.69) is 5.32 Å². The summed E-state index contributed by atoms with van der Waals surface area (Å²) in [5.74, 6) is 0.654. The molecule has 6 heteroatoms. The van der Waals surface area contributed by atoms with Gasteiger partial charge in [-0.15, -0.1) is 11.3 Å². The third-order valence-electron chi connectivity index (χ3n) is 3.34. The summed E-state index contributed by atoms with van der Waals surface area (Å²) in [5.41, 5.74) is 6.56. The molecule has 1 fully saturated rings. The van der Waals surface area contributed by atoms with Crippen molar-refractivity contribution in [1.29, 1.82) is 0 Å². The minimum absolute atomic E-state index is 0.00904. The minimum Gasteiger partial charge on any atom is -0.486 e. The number of carbonyl (C=O) groups excluding carboxylic acids is 1. The second kappa shape index (κ2) is 7.13. The van der Waals surface area contributed by atoms with E-state index in [1.54, 1.807) is 0 Å². The van der Waals surface area contributed by atoms with Gasteiger partial charge in [0.1, 0.15) is 5.00 Å². The molecule has 2 heterocycles. The average Bonchev–Trinajstić information content (AvgIpc) is 3.06. The quantitative estimate of drug-likeness (QED) is 0.756. The van der Waals surface area contributed by atoms with Crippen LogP contribution in [0.3, 0.4) is 0 Å². The molecule has 0 aromatic carbocycles. The molecule has 5 nitrogen and oxygen atoms in total. The van der Waals surface area contributed by atoms with Gasteiger partial charge in [0.25, 0.3) is 0 Å². The third kappa shape index (κ3) is 3.89. The molecule has 0 radical (unpaired) electrons. The number of hydrogen-bond acceptors (Lipinski definition) is 6. The maximum atomic E-state index is 12.0. The second-order valence-electron chi connectivity index (χ2n) is 5.46. The zero-order valence-corrected chi connectivity index (χ0v) is 13.7. The molecule has 0 spiro atoms. The van der Waals surface area contributed by atoms with Gasteiger partial charge in [-0.25, -0.2) is 0 Å². The van der Waals surface area contributed by atoms with Gasteiger partial charge >= 0.3 is 0 Å².